The van der Waals surface area contributed by atoms with Crippen molar-refractivity contribution in [3.8, 4) is 0 Å². The SMILES string of the molecule is CC1OCCC1N1CNC(CCc2ccccc2)C1=O. The number of nitrogens with one attached hydrogen (secondary N) is 1. The Morgan fingerprint density at radius 2 is 2.15 bits per heavy atom. The van der Waals surface area contributed by atoms with Gasteiger partial charge in [0, 0.05) is 6.61 Å². The molecule has 3 unspecified atom stereocenters. The lowest BCUT2D eigenvalue weighted by Gasteiger charge is -2.25. The fraction of sp³-hybridized carbons (Fsp3) is 0.562. The van der Waals surface area contributed by atoms with Crippen LogP contribution in [0.4, 0.5) is 0 Å². The third-order valence-corrected chi connectivity index (χ3v) is 4.39. The van der Waals surface area contributed by atoms with Crippen LogP contribution in [0.2, 0.25) is 0 Å². The summed E-state index contributed by atoms with van der Waals surface area (Å²) >= 11 is 0. The van der Waals surface area contributed by atoms with E-state index in [1.54, 1.807) is 0 Å². The Morgan fingerprint density at radius 3 is 2.85 bits per heavy atom. The largest absolute Gasteiger partial charge is 0.376 e. The molecule has 1 aromatic rings. The number of nitrogens with zero attached hydrogens (tertiary/aromatic N) is 1. The minimum absolute atomic E-state index is 0.0389. The number of hydrogen-bond donors (Lipinski definition) is 1. The van der Waals surface area contributed by atoms with Crippen LogP contribution in [-0.4, -0.2) is 42.3 Å². The molecule has 2 aliphatic rings. The second-order valence-corrected chi connectivity index (χ2v) is 5.68. The average Bonchev–Trinajstić information content (AvgIpc) is 3.04. The number of hydrogen-bond acceptors (Lipinski definition) is 3. The molecule has 0 aliphatic carbocycles. The minimum Gasteiger partial charge on any atom is -0.376 e. The van der Waals surface area contributed by atoms with Crippen molar-refractivity contribution in [2.24, 2.45) is 0 Å². The maximum atomic E-state index is 12.5. The Bertz CT molecular complexity index is 463. The van der Waals surface area contributed by atoms with Crippen LogP contribution in [0.5, 0.6) is 0 Å². The van der Waals surface area contributed by atoms with Crippen LogP contribution in [0.15, 0.2) is 30.3 Å². The first-order chi connectivity index (χ1) is 9.75. The summed E-state index contributed by atoms with van der Waals surface area (Å²) in [6, 6.07) is 10.5. The van der Waals surface area contributed by atoms with Crippen molar-refractivity contribution in [1.29, 1.82) is 0 Å². The molecule has 2 saturated heterocycles. The van der Waals surface area contributed by atoms with Gasteiger partial charge in [-0.15, -0.1) is 0 Å². The van der Waals surface area contributed by atoms with Crippen LogP contribution in [0, 0.1) is 0 Å². The van der Waals surface area contributed by atoms with E-state index >= 15 is 0 Å². The molecule has 2 heterocycles. The second-order valence-electron chi connectivity index (χ2n) is 5.68. The average molecular weight is 274 g/mol. The van der Waals surface area contributed by atoms with Crippen molar-refractivity contribution >= 4 is 5.91 Å². The van der Waals surface area contributed by atoms with Gasteiger partial charge < -0.3 is 9.64 Å². The fourth-order valence-electron chi connectivity index (χ4n) is 3.17. The lowest BCUT2D eigenvalue weighted by atomic mass is 10.0. The van der Waals surface area contributed by atoms with Crippen molar-refractivity contribution in [2.75, 3.05) is 13.3 Å². The van der Waals surface area contributed by atoms with E-state index in [9.17, 15) is 4.79 Å². The molecule has 1 N–H and O–H groups in total. The highest BCUT2D eigenvalue weighted by atomic mass is 16.5. The molecule has 1 aromatic carbocycles. The molecule has 0 spiro atoms. The molecule has 3 rings (SSSR count). The van der Waals surface area contributed by atoms with E-state index in [4.69, 9.17) is 4.74 Å². The summed E-state index contributed by atoms with van der Waals surface area (Å²) in [5.41, 5.74) is 1.29. The molecule has 2 aliphatic heterocycles. The number of rotatable bonds is 4. The molecular weight excluding hydrogens is 252 g/mol. The number of ether oxygens (including phenoxy) is 1. The summed E-state index contributed by atoms with van der Waals surface area (Å²) in [6.45, 7) is 3.49. The normalized spacial score (nSPS) is 30.1. The summed E-state index contributed by atoms with van der Waals surface area (Å²) in [4.78, 5) is 14.4. The monoisotopic (exact) mass is 274 g/mol. The van der Waals surface area contributed by atoms with Crippen molar-refractivity contribution in [1.82, 2.24) is 10.2 Å². The third-order valence-electron chi connectivity index (χ3n) is 4.39. The van der Waals surface area contributed by atoms with Gasteiger partial charge >= 0.3 is 0 Å². The Balaban J connectivity index is 1.56. The Labute approximate surface area is 120 Å². The van der Waals surface area contributed by atoms with E-state index in [0.29, 0.717) is 6.67 Å². The lowest BCUT2D eigenvalue weighted by molar-refractivity contribution is -0.131. The molecule has 4 heteroatoms. The van der Waals surface area contributed by atoms with Gasteiger partial charge in [-0.25, -0.2) is 0 Å². The molecule has 4 nitrogen and oxygen atoms in total. The van der Waals surface area contributed by atoms with Gasteiger partial charge in [0.25, 0.3) is 0 Å². The quantitative estimate of drug-likeness (QED) is 0.906. The van der Waals surface area contributed by atoms with Crippen molar-refractivity contribution < 1.29 is 9.53 Å². The highest BCUT2D eigenvalue weighted by molar-refractivity contribution is 5.84. The number of carbonyl (C=O) groups excluding carboxylic acids is 1. The van der Waals surface area contributed by atoms with Crippen LogP contribution in [-0.2, 0) is 16.0 Å². The predicted octanol–water partition coefficient (Wildman–Crippen LogP) is 1.55. The number of amides is 1. The molecule has 0 bridgehead atoms. The zero-order valence-electron chi connectivity index (χ0n) is 11.9. The molecule has 0 radical (unpaired) electrons. The minimum atomic E-state index is -0.0389. The predicted molar refractivity (Wildman–Crippen MR) is 77.2 cm³/mol. The maximum absolute atomic E-state index is 12.5. The number of carbonyl (C=O) groups is 1. The first-order valence-corrected chi connectivity index (χ1v) is 7.45. The van der Waals surface area contributed by atoms with Gasteiger partial charge in [-0.2, -0.15) is 0 Å². The van der Waals surface area contributed by atoms with Gasteiger partial charge in [0.15, 0.2) is 0 Å². The van der Waals surface area contributed by atoms with E-state index in [1.807, 2.05) is 23.1 Å². The lowest BCUT2D eigenvalue weighted by Crippen LogP contribution is -2.42. The van der Waals surface area contributed by atoms with Gasteiger partial charge in [0.05, 0.1) is 24.9 Å². The summed E-state index contributed by atoms with van der Waals surface area (Å²) in [7, 11) is 0. The Morgan fingerprint density at radius 1 is 1.35 bits per heavy atom. The van der Waals surface area contributed by atoms with Crippen molar-refractivity contribution in [3.05, 3.63) is 35.9 Å². The van der Waals surface area contributed by atoms with Gasteiger partial charge in [0.1, 0.15) is 0 Å². The second kappa shape index (κ2) is 5.94. The van der Waals surface area contributed by atoms with Crippen LogP contribution in [0.3, 0.4) is 0 Å². The number of benzene rings is 1. The Hall–Kier alpha value is -1.39. The van der Waals surface area contributed by atoms with Crippen LogP contribution < -0.4 is 5.32 Å². The van der Waals surface area contributed by atoms with E-state index < -0.39 is 0 Å². The first-order valence-electron chi connectivity index (χ1n) is 7.45. The van der Waals surface area contributed by atoms with Gasteiger partial charge in [0.2, 0.25) is 5.91 Å². The summed E-state index contributed by atoms with van der Waals surface area (Å²) < 4.78 is 5.57. The van der Waals surface area contributed by atoms with Crippen molar-refractivity contribution in [3.63, 3.8) is 0 Å². The van der Waals surface area contributed by atoms with E-state index in [1.165, 1.54) is 5.56 Å². The first kappa shape index (κ1) is 13.6. The van der Waals surface area contributed by atoms with Crippen LogP contribution in [0.25, 0.3) is 0 Å². The summed E-state index contributed by atoms with van der Waals surface area (Å²) in [5.74, 6) is 0.239. The maximum Gasteiger partial charge on any atom is 0.241 e. The number of aryl methyl sites for hydroxylation is 1. The third kappa shape index (κ3) is 2.72. The summed E-state index contributed by atoms with van der Waals surface area (Å²) in [6.07, 6.45) is 2.92. The molecule has 108 valence electrons. The van der Waals surface area contributed by atoms with E-state index in [2.05, 4.69) is 24.4 Å². The standard InChI is InChI=1S/C16H22N2O2/c1-12-15(9-10-20-12)18-11-17-14(16(18)19)8-7-13-5-3-2-4-6-13/h2-6,12,14-15,17H,7-11H2,1H3. The van der Waals surface area contributed by atoms with E-state index in [-0.39, 0.29) is 24.1 Å². The zero-order valence-corrected chi connectivity index (χ0v) is 11.9. The topological polar surface area (TPSA) is 41.6 Å². The highest BCUT2D eigenvalue weighted by Gasteiger charge is 2.39. The zero-order chi connectivity index (χ0) is 13.9. The molecular formula is C16H22N2O2. The van der Waals surface area contributed by atoms with Crippen molar-refractivity contribution in [2.45, 2.75) is 44.4 Å². The molecule has 20 heavy (non-hydrogen) atoms. The van der Waals surface area contributed by atoms with Crippen LogP contribution in [0.1, 0.15) is 25.3 Å². The smallest absolute Gasteiger partial charge is 0.241 e. The summed E-state index contributed by atoms with van der Waals surface area (Å²) in [5, 5.41) is 3.34. The Kier molecular flexibility index (Phi) is 4.03. The van der Waals surface area contributed by atoms with E-state index in [0.717, 1.165) is 25.9 Å². The van der Waals surface area contributed by atoms with Gasteiger partial charge in [-0.1, -0.05) is 30.3 Å². The van der Waals surface area contributed by atoms with Gasteiger partial charge in [-0.3, -0.25) is 10.1 Å². The molecule has 1 amide bonds. The van der Waals surface area contributed by atoms with Gasteiger partial charge in [-0.05, 0) is 31.7 Å². The molecule has 3 atom stereocenters. The fourth-order valence-corrected chi connectivity index (χ4v) is 3.17. The highest BCUT2D eigenvalue weighted by Crippen LogP contribution is 2.23. The molecule has 2 fully saturated rings. The molecule has 0 saturated carbocycles. The van der Waals surface area contributed by atoms with Crippen LogP contribution >= 0.6 is 0 Å². The molecule has 0 aromatic heterocycles.